The summed E-state index contributed by atoms with van der Waals surface area (Å²) in [5.41, 5.74) is 0.116. The van der Waals surface area contributed by atoms with Gasteiger partial charge in [-0.2, -0.15) is 0 Å². The van der Waals surface area contributed by atoms with Crippen molar-refractivity contribution >= 4 is 19.6 Å². The second-order valence-electron chi connectivity index (χ2n) is 3.52. The number of hydrogen-bond acceptors (Lipinski definition) is 5. The van der Waals surface area contributed by atoms with Gasteiger partial charge in [-0.05, 0) is 26.3 Å². The van der Waals surface area contributed by atoms with Crippen LogP contribution >= 0.6 is 7.82 Å². The first kappa shape index (κ1) is 15.8. The monoisotopic (exact) mass is 262 g/mol. The van der Waals surface area contributed by atoms with E-state index in [4.69, 9.17) is 0 Å². The minimum Gasteiger partial charge on any atom is -0.367 e. The molecule has 0 saturated carbocycles. The molecule has 0 rings (SSSR count). The van der Waals surface area contributed by atoms with Crippen molar-refractivity contribution in [1.82, 2.24) is 0 Å². The maximum atomic E-state index is 11.3. The quantitative estimate of drug-likeness (QED) is 0.579. The van der Waals surface area contributed by atoms with Gasteiger partial charge in [0.15, 0.2) is 5.78 Å². The van der Waals surface area contributed by atoms with E-state index >= 15 is 0 Å². The molecular weight excluding hydrogens is 247 g/mol. The van der Waals surface area contributed by atoms with Crippen LogP contribution < -0.4 is 0 Å². The van der Waals surface area contributed by atoms with E-state index in [1.807, 2.05) is 0 Å². The number of rotatable bonds is 6. The predicted octanol–water partition coefficient (Wildman–Crippen LogP) is 1.76. The lowest BCUT2D eigenvalue weighted by Gasteiger charge is -2.16. The number of phosphoric acid groups is 1. The summed E-state index contributed by atoms with van der Waals surface area (Å²) in [4.78, 5) is 31.5. The van der Waals surface area contributed by atoms with Crippen molar-refractivity contribution in [3.8, 4) is 0 Å². The van der Waals surface area contributed by atoms with Crippen LogP contribution in [0.2, 0.25) is 0 Å². The zero-order valence-electron chi connectivity index (χ0n) is 9.93. The van der Waals surface area contributed by atoms with Crippen LogP contribution in [0.3, 0.4) is 0 Å². The Hall–Kier alpha value is -1.23. The van der Waals surface area contributed by atoms with Crippen LogP contribution in [0.4, 0.5) is 0 Å². The first-order valence-corrected chi connectivity index (χ1v) is 6.16. The molecule has 0 saturated heterocycles. The number of phosphoric ester groups is 1. The molecule has 0 aliphatic heterocycles. The lowest BCUT2D eigenvalue weighted by atomic mass is 10.1. The molecule has 0 aromatic heterocycles. The molecule has 2 unspecified atom stereocenters. The highest BCUT2D eigenvalue weighted by molar-refractivity contribution is 7.48. The fourth-order valence-electron chi connectivity index (χ4n) is 0.799. The molecule has 0 amide bonds. The largest absolute Gasteiger partial charge is 0.530 e. The third kappa shape index (κ3) is 5.58. The smallest absolute Gasteiger partial charge is 0.367 e. The Morgan fingerprint density at radius 2 is 1.71 bits per heavy atom. The average Bonchev–Trinajstić information content (AvgIpc) is 2.14. The minimum atomic E-state index is -4.62. The summed E-state index contributed by atoms with van der Waals surface area (Å²) in [5, 5.41) is 0. The van der Waals surface area contributed by atoms with E-state index < -0.39 is 25.7 Å². The first-order chi connectivity index (χ1) is 7.57. The molecule has 0 aromatic carbocycles. The molecule has 0 aromatic rings. The fraction of sp³-hybridized carbons (Fsp3) is 0.400. The number of ketones is 1. The summed E-state index contributed by atoms with van der Waals surface area (Å²) >= 11 is 0. The second-order valence-corrected chi connectivity index (χ2v) is 4.85. The molecule has 0 aliphatic rings. The molecule has 6 nitrogen and oxygen atoms in total. The van der Waals surface area contributed by atoms with Gasteiger partial charge in [-0.25, -0.2) is 9.36 Å². The van der Waals surface area contributed by atoms with Gasteiger partial charge in [0.2, 0.25) is 0 Å². The van der Waals surface area contributed by atoms with E-state index in [2.05, 4.69) is 22.2 Å². The van der Waals surface area contributed by atoms with E-state index in [-0.39, 0.29) is 11.1 Å². The summed E-state index contributed by atoms with van der Waals surface area (Å²) in [6.45, 7) is 10.6. The maximum absolute atomic E-state index is 11.3. The molecular formula is C10H15O6P. The Bertz CT molecular complexity index is 411. The Labute approximate surface area is 99.5 Å². The first-order valence-electron chi connectivity index (χ1n) is 4.67. The van der Waals surface area contributed by atoms with E-state index in [1.165, 1.54) is 20.8 Å². The number of hydrogen-bond donors (Lipinski definition) is 1. The Balaban J connectivity index is 4.61. The molecule has 0 spiro atoms. The van der Waals surface area contributed by atoms with E-state index in [0.29, 0.717) is 0 Å². The van der Waals surface area contributed by atoms with Gasteiger partial charge in [0.1, 0.15) is 6.10 Å². The van der Waals surface area contributed by atoms with Gasteiger partial charge < -0.3 is 4.52 Å². The molecule has 96 valence electrons. The van der Waals surface area contributed by atoms with Gasteiger partial charge >= 0.3 is 13.8 Å². The lowest BCUT2D eigenvalue weighted by molar-refractivity contribution is -0.133. The predicted molar refractivity (Wildman–Crippen MR) is 61.1 cm³/mol. The maximum Gasteiger partial charge on any atom is 0.530 e. The minimum absolute atomic E-state index is 0.0539. The Morgan fingerprint density at radius 3 is 2.06 bits per heavy atom. The molecule has 7 heteroatoms. The third-order valence-electron chi connectivity index (χ3n) is 1.63. The molecule has 0 aliphatic carbocycles. The number of Topliss-reactive ketones (excluding diaryl/α,β-unsaturated/α-hetero) is 1. The van der Waals surface area contributed by atoms with Crippen molar-refractivity contribution in [2.75, 3.05) is 0 Å². The molecule has 17 heavy (non-hydrogen) atoms. The van der Waals surface area contributed by atoms with Gasteiger partial charge in [-0.3, -0.25) is 14.2 Å². The molecule has 2 atom stereocenters. The second kappa shape index (κ2) is 5.91. The van der Waals surface area contributed by atoms with Crippen LogP contribution in [0.15, 0.2) is 24.3 Å². The Kier molecular flexibility index (Phi) is 5.48. The van der Waals surface area contributed by atoms with E-state index in [0.717, 1.165) is 0 Å². The van der Waals surface area contributed by atoms with Crippen LogP contribution in [-0.2, 0) is 23.2 Å². The highest BCUT2D eigenvalue weighted by atomic mass is 31.2. The zero-order chi connectivity index (χ0) is 13.8. The standard InChI is InChI=1S/C10H15O6P/c1-6(2)9(11)8(5)15-17(13,14)16-10(12)7(3)4/h8H,1,3H2,2,4-5H3,(H,13,14). The number of carbonyl (C=O) groups excluding carboxylic acids is 2. The van der Waals surface area contributed by atoms with Gasteiger partial charge in [-0.15, -0.1) is 0 Å². The van der Waals surface area contributed by atoms with Crippen molar-refractivity contribution in [3.63, 3.8) is 0 Å². The summed E-state index contributed by atoms with van der Waals surface area (Å²) in [6, 6.07) is 0. The van der Waals surface area contributed by atoms with Gasteiger partial charge in [0, 0.05) is 5.57 Å². The van der Waals surface area contributed by atoms with Crippen LogP contribution in [0.25, 0.3) is 0 Å². The lowest BCUT2D eigenvalue weighted by Crippen LogP contribution is -2.21. The highest BCUT2D eigenvalue weighted by Gasteiger charge is 2.31. The van der Waals surface area contributed by atoms with E-state index in [9.17, 15) is 19.0 Å². The summed E-state index contributed by atoms with van der Waals surface area (Å²) in [6.07, 6.45) is -1.22. The third-order valence-corrected chi connectivity index (χ3v) is 2.61. The van der Waals surface area contributed by atoms with E-state index in [1.54, 1.807) is 0 Å². The van der Waals surface area contributed by atoms with Crippen molar-refractivity contribution in [2.24, 2.45) is 0 Å². The Morgan fingerprint density at radius 1 is 1.24 bits per heavy atom. The van der Waals surface area contributed by atoms with Crippen molar-refractivity contribution in [1.29, 1.82) is 0 Å². The SMILES string of the molecule is C=C(C)C(=O)OP(=O)(O)OC(C)C(=O)C(=C)C. The topological polar surface area (TPSA) is 89.9 Å². The van der Waals surface area contributed by atoms with Gasteiger partial charge in [0.05, 0.1) is 0 Å². The molecule has 0 fully saturated rings. The summed E-state index contributed by atoms with van der Waals surface area (Å²) in [7, 11) is -4.62. The summed E-state index contributed by atoms with van der Waals surface area (Å²) in [5.74, 6) is -1.61. The molecule has 1 N–H and O–H groups in total. The average molecular weight is 262 g/mol. The van der Waals surface area contributed by atoms with Crippen LogP contribution in [0, 0.1) is 0 Å². The highest BCUT2D eigenvalue weighted by Crippen LogP contribution is 2.45. The fourth-order valence-corrected chi connectivity index (χ4v) is 1.70. The van der Waals surface area contributed by atoms with Crippen LogP contribution in [0.5, 0.6) is 0 Å². The molecule has 0 bridgehead atoms. The van der Waals surface area contributed by atoms with Crippen molar-refractivity contribution in [2.45, 2.75) is 26.9 Å². The van der Waals surface area contributed by atoms with Crippen molar-refractivity contribution in [3.05, 3.63) is 24.3 Å². The molecule has 0 heterocycles. The van der Waals surface area contributed by atoms with Gasteiger partial charge in [0.25, 0.3) is 0 Å². The van der Waals surface area contributed by atoms with Crippen LogP contribution in [-0.4, -0.2) is 22.7 Å². The molecule has 0 radical (unpaired) electrons. The summed E-state index contributed by atoms with van der Waals surface area (Å²) < 4.78 is 20.0. The van der Waals surface area contributed by atoms with Crippen molar-refractivity contribution < 1.29 is 28.1 Å². The number of carbonyl (C=O) groups is 2. The normalized spacial score (nSPS) is 15.5. The van der Waals surface area contributed by atoms with Crippen LogP contribution in [0.1, 0.15) is 20.8 Å². The zero-order valence-corrected chi connectivity index (χ0v) is 10.8. The van der Waals surface area contributed by atoms with Gasteiger partial charge in [-0.1, -0.05) is 13.2 Å².